The van der Waals surface area contributed by atoms with E-state index >= 15 is 0 Å². The number of carbonyl (C=O) groups excluding carboxylic acids is 1. The molecule has 0 saturated carbocycles. The molecule has 9 heteroatoms. The smallest absolute Gasteiger partial charge is 0.316 e. The van der Waals surface area contributed by atoms with Crippen molar-refractivity contribution in [2.24, 2.45) is 7.05 Å². The van der Waals surface area contributed by atoms with Crippen LogP contribution in [0.5, 0.6) is 6.01 Å². The van der Waals surface area contributed by atoms with Crippen LogP contribution in [0.4, 0.5) is 0 Å². The van der Waals surface area contributed by atoms with Crippen molar-refractivity contribution < 1.29 is 14.1 Å². The van der Waals surface area contributed by atoms with Crippen molar-refractivity contribution in [3.63, 3.8) is 0 Å². The van der Waals surface area contributed by atoms with Crippen LogP contribution in [-0.2, 0) is 7.05 Å². The molecular formula is C18H20N6O3. The van der Waals surface area contributed by atoms with E-state index in [0.717, 1.165) is 24.0 Å². The van der Waals surface area contributed by atoms with Gasteiger partial charge in [0, 0.05) is 62.7 Å². The molecule has 1 aliphatic rings. The molecule has 0 N–H and O–H groups in total. The van der Waals surface area contributed by atoms with Crippen molar-refractivity contribution in [2.45, 2.75) is 25.9 Å². The summed E-state index contributed by atoms with van der Waals surface area (Å²) in [4.78, 5) is 22.9. The summed E-state index contributed by atoms with van der Waals surface area (Å²) in [5.41, 5.74) is 2.36. The first-order valence-electron chi connectivity index (χ1n) is 8.78. The van der Waals surface area contributed by atoms with E-state index in [1.165, 1.54) is 6.20 Å². The van der Waals surface area contributed by atoms with E-state index in [1.807, 2.05) is 13.2 Å². The normalized spacial score (nSPS) is 15.1. The Hall–Kier alpha value is -3.23. The van der Waals surface area contributed by atoms with Gasteiger partial charge in [-0.05, 0) is 6.92 Å². The molecule has 1 fully saturated rings. The van der Waals surface area contributed by atoms with Crippen molar-refractivity contribution in [3.8, 4) is 17.1 Å². The van der Waals surface area contributed by atoms with E-state index in [2.05, 4.69) is 20.2 Å². The minimum Gasteiger partial charge on any atom is -0.460 e. The van der Waals surface area contributed by atoms with Gasteiger partial charge in [0.2, 0.25) is 0 Å². The number of nitrogens with zero attached hydrogens (tertiary/aromatic N) is 6. The highest BCUT2D eigenvalue weighted by Crippen LogP contribution is 2.21. The third-order valence-corrected chi connectivity index (χ3v) is 4.65. The number of rotatable bonds is 4. The van der Waals surface area contributed by atoms with Crippen LogP contribution in [0.15, 0.2) is 35.5 Å². The molecule has 0 bridgehead atoms. The van der Waals surface area contributed by atoms with Crippen LogP contribution in [0, 0.1) is 6.92 Å². The molecule has 0 aromatic carbocycles. The fourth-order valence-electron chi connectivity index (χ4n) is 3.10. The van der Waals surface area contributed by atoms with Crippen LogP contribution in [0.25, 0.3) is 11.1 Å². The van der Waals surface area contributed by atoms with Crippen molar-refractivity contribution in [3.05, 3.63) is 42.3 Å². The van der Waals surface area contributed by atoms with Crippen LogP contribution in [-0.4, -0.2) is 54.9 Å². The third kappa shape index (κ3) is 3.67. The maximum absolute atomic E-state index is 12.5. The Kier molecular flexibility index (Phi) is 4.57. The van der Waals surface area contributed by atoms with Gasteiger partial charge in [0.25, 0.3) is 5.91 Å². The lowest BCUT2D eigenvalue weighted by atomic mass is 10.1. The second kappa shape index (κ2) is 7.18. The number of ether oxygens (including phenoxy) is 1. The molecule has 1 aliphatic heterocycles. The molecular weight excluding hydrogens is 348 g/mol. The Balaban J connectivity index is 1.33. The van der Waals surface area contributed by atoms with Crippen LogP contribution in [0.3, 0.4) is 0 Å². The average molecular weight is 368 g/mol. The number of aromatic nitrogens is 5. The molecule has 0 aliphatic carbocycles. The fourth-order valence-corrected chi connectivity index (χ4v) is 3.10. The lowest BCUT2D eigenvalue weighted by Gasteiger charge is -2.31. The number of carbonyl (C=O) groups is 1. The third-order valence-electron chi connectivity index (χ3n) is 4.65. The van der Waals surface area contributed by atoms with Crippen molar-refractivity contribution in [1.29, 1.82) is 0 Å². The predicted molar refractivity (Wildman–Crippen MR) is 95.0 cm³/mol. The van der Waals surface area contributed by atoms with Crippen molar-refractivity contribution in [1.82, 2.24) is 29.8 Å². The fraction of sp³-hybridized carbons (Fsp3) is 0.389. The van der Waals surface area contributed by atoms with Gasteiger partial charge in [-0.3, -0.25) is 9.48 Å². The highest BCUT2D eigenvalue weighted by Gasteiger charge is 2.27. The Morgan fingerprint density at radius 2 is 1.89 bits per heavy atom. The number of aryl methyl sites for hydroxylation is 2. The Labute approximate surface area is 156 Å². The Morgan fingerprint density at radius 3 is 2.48 bits per heavy atom. The van der Waals surface area contributed by atoms with Gasteiger partial charge in [-0.1, -0.05) is 5.16 Å². The number of amides is 1. The number of hydrogen-bond acceptors (Lipinski definition) is 7. The van der Waals surface area contributed by atoms with Gasteiger partial charge in [-0.15, -0.1) is 0 Å². The van der Waals surface area contributed by atoms with E-state index in [4.69, 9.17) is 9.26 Å². The summed E-state index contributed by atoms with van der Waals surface area (Å²) in [7, 11) is 1.86. The Morgan fingerprint density at radius 1 is 1.15 bits per heavy atom. The zero-order valence-corrected chi connectivity index (χ0v) is 15.2. The topological polar surface area (TPSA) is 99.2 Å². The zero-order chi connectivity index (χ0) is 18.8. The maximum Gasteiger partial charge on any atom is 0.316 e. The van der Waals surface area contributed by atoms with Crippen LogP contribution < -0.4 is 4.74 Å². The minimum atomic E-state index is -0.0516. The molecule has 4 rings (SSSR count). The highest BCUT2D eigenvalue weighted by atomic mass is 16.5. The molecule has 27 heavy (non-hydrogen) atoms. The molecule has 140 valence electrons. The van der Waals surface area contributed by atoms with E-state index < -0.39 is 0 Å². The van der Waals surface area contributed by atoms with E-state index in [0.29, 0.717) is 30.4 Å². The lowest BCUT2D eigenvalue weighted by molar-refractivity contribution is 0.0577. The SMILES string of the molecule is Cc1oncc1C(=O)N1CCC(Oc2ncc(-c3cnn(C)c3)cn2)CC1. The van der Waals surface area contributed by atoms with Gasteiger partial charge in [-0.2, -0.15) is 5.10 Å². The molecule has 1 saturated heterocycles. The van der Waals surface area contributed by atoms with Crippen molar-refractivity contribution >= 4 is 5.91 Å². The summed E-state index contributed by atoms with van der Waals surface area (Å²) >= 11 is 0. The van der Waals surface area contributed by atoms with Crippen LogP contribution in [0.2, 0.25) is 0 Å². The van der Waals surface area contributed by atoms with Gasteiger partial charge in [-0.25, -0.2) is 9.97 Å². The number of hydrogen-bond donors (Lipinski definition) is 0. The van der Waals surface area contributed by atoms with Crippen LogP contribution >= 0.6 is 0 Å². The predicted octanol–water partition coefficient (Wildman–Crippen LogP) is 1.86. The standard InChI is InChI=1S/C18H20N6O3/c1-12-16(10-22-27-12)17(25)24-5-3-15(4-6-24)26-18-19-7-13(8-20-18)14-9-21-23(2)11-14/h7-11,15H,3-6H2,1-2H3. The zero-order valence-electron chi connectivity index (χ0n) is 15.2. The first-order valence-corrected chi connectivity index (χ1v) is 8.78. The van der Waals surface area contributed by atoms with Gasteiger partial charge in [0.05, 0.1) is 12.4 Å². The molecule has 3 aromatic rings. The molecule has 0 unspecified atom stereocenters. The summed E-state index contributed by atoms with van der Waals surface area (Å²) in [6.45, 7) is 2.96. The average Bonchev–Trinajstić information content (AvgIpc) is 3.31. The molecule has 0 spiro atoms. The second-order valence-corrected chi connectivity index (χ2v) is 6.56. The summed E-state index contributed by atoms with van der Waals surface area (Å²) < 4.78 is 12.6. The first kappa shape index (κ1) is 17.2. The molecule has 4 heterocycles. The first-order chi connectivity index (χ1) is 13.1. The summed E-state index contributed by atoms with van der Waals surface area (Å²) in [6, 6.07) is 0.349. The summed E-state index contributed by atoms with van der Waals surface area (Å²) in [5, 5.41) is 7.81. The number of likely N-dealkylation sites (tertiary alicyclic amines) is 1. The number of piperidine rings is 1. The van der Waals surface area contributed by atoms with E-state index in [9.17, 15) is 4.79 Å². The molecule has 1 amide bonds. The van der Waals surface area contributed by atoms with Gasteiger partial charge in [0.1, 0.15) is 17.4 Å². The largest absolute Gasteiger partial charge is 0.460 e. The molecule has 9 nitrogen and oxygen atoms in total. The Bertz CT molecular complexity index is 925. The minimum absolute atomic E-state index is 0.0122. The summed E-state index contributed by atoms with van der Waals surface area (Å²) in [5.74, 6) is 0.491. The quantitative estimate of drug-likeness (QED) is 0.693. The van der Waals surface area contributed by atoms with Gasteiger partial charge < -0.3 is 14.2 Å². The maximum atomic E-state index is 12.5. The molecule has 0 radical (unpaired) electrons. The van der Waals surface area contributed by atoms with Crippen molar-refractivity contribution in [2.75, 3.05) is 13.1 Å². The van der Waals surface area contributed by atoms with Gasteiger partial charge in [0.15, 0.2) is 0 Å². The highest BCUT2D eigenvalue weighted by molar-refractivity contribution is 5.94. The monoisotopic (exact) mass is 368 g/mol. The van der Waals surface area contributed by atoms with E-state index in [-0.39, 0.29) is 12.0 Å². The van der Waals surface area contributed by atoms with Crippen LogP contribution in [0.1, 0.15) is 29.0 Å². The van der Waals surface area contributed by atoms with E-state index in [1.54, 1.807) is 35.1 Å². The lowest BCUT2D eigenvalue weighted by Crippen LogP contribution is -2.42. The molecule has 0 atom stereocenters. The summed E-state index contributed by atoms with van der Waals surface area (Å²) in [6.07, 6.45) is 10.0. The van der Waals surface area contributed by atoms with Gasteiger partial charge >= 0.3 is 6.01 Å². The molecule has 3 aromatic heterocycles. The second-order valence-electron chi connectivity index (χ2n) is 6.56.